The Labute approximate surface area is 131 Å². The minimum atomic E-state index is 0.0580. The molecule has 0 saturated carbocycles. The van der Waals surface area contributed by atoms with Crippen molar-refractivity contribution in [2.24, 2.45) is 0 Å². The molecule has 2 amide bonds. The second-order valence-electron chi connectivity index (χ2n) is 4.50. The first-order valence-electron chi connectivity index (χ1n) is 7.29. The average Bonchev–Trinajstić information content (AvgIpc) is 2.48. The number of hydrogen-bond acceptors (Lipinski definition) is 5. The lowest BCUT2D eigenvalue weighted by Gasteiger charge is -2.06. The van der Waals surface area contributed by atoms with Gasteiger partial charge in [-0.2, -0.15) is 11.8 Å². The molecule has 0 unspecified atom stereocenters. The van der Waals surface area contributed by atoms with E-state index in [0.29, 0.717) is 39.1 Å². The van der Waals surface area contributed by atoms with E-state index in [1.54, 1.807) is 26.0 Å². The van der Waals surface area contributed by atoms with Gasteiger partial charge in [0.25, 0.3) is 0 Å². The molecule has 0 bridgehead atoms. The zero-order valence-corrected chi connectivity index (χ0v) is 13.9. The summed E-state index contributed by atoms with van der Waals surface area (Å²) in [5.41, 5.74) is 0. The third-order valence-electron chi connectivity index (χ3n) is 2.64. The van der Waals surface area contributed by atoms with Crippen LogP contribution in [0.2, 0.25) is 0 Å². The van der Waals surface area contributed by atoms with Crippen LogP contribution in [0.15, 0.2) is 0 Å². The summed E-state index contributed by atoms with van der Waals surface area (Å²) in [7, 11) is 3.29. The Morgan fingerprint density at radius 1 is 0.857 bits per heavy atom. The van der Waals surface area contributed by atoms with Crippen LogP contribution in [0.1, 0.15) is 25.7 Å². The van der Waals surface area contributed by atoms with Crippen molar-refractivity contribution in [3.63, 3.8) is 0 Å². The van der Waals surface area contributed by atoms with Crippen LogP contribution >= 0.6 is 11.8 Å². The van der Waals surface area contributed by atoms with Gasteiger partial charge in [-0.25, -0.2) is 0 Å². The number of carbonyl (C=O) groups is 2. The topological polar surface area (TPSA) is 76.7 Å². The third-order valence-corrected chi connectivity index (χ3v) is 3.63. The van der Waals surface area contributed by atoms with Crippen LogP contribution in [0, 0.1) is 0 Å². The minimum absolute atomic E-state index is 0.0580. The van der Waals surface area contributed by atoms with Gasteiger partial charge in [0.2, 0.25) is 11.8 Å². The molecule has 0 aliphatic rings. The molecule has 0 aliphatic heterocycles. The molecule has 0 radical (unpaired) electrons. The van der Waals surface area contributed by atoms with Gasteiger partial charge in [-0.3, -0.25) is 9.59 Å². The van der Waals surface area contributed by atoms with E-state index in [-0.39, 0.29) is 11.8 Å². The van der Waals surface area contributed by atoms with Gasteiger partial charge >= 0.3 is 0 Å². The van der Waals surface area contributed by atoms with Crippen molar-refractivity contribution in [2.75, 3.05) is 52.0 Å². The van der Waals surface area contributed by atoms with Gasteiger partial charge in [0.1, 0.15) is 0 Å². The molecule has 2 N–H and O–H groups in total. The fraction of sp³-hybridized carbons (Fsp3) is 0.857. The van der Waals surface area contributed by atoms with Crippen molar-refractivity contribution in [1.29, 1.82) is 0 Å². The Balaban J connectivity index is 3.30. The van der Waals surface area contributed by atoms with E-state index >= 15 is 0 Å². The van der Waals surface area contributed by atoms with E-state index in [1.807, 2.05) is 0 Å². The Bertz CT molecular complexity index is 252. The highest BCUT2D eigenvalue weighted by molar-refractivity contribution is 7.99. The molecule has 6 nitrogen and oxygen atoms in total. The standard InChI is InChI=1S/C14H28N2O4S/c1-19-9-3-7-15-13(17)5-11-21-12-6-14(18)16-8-4-10-20-2/h3-12H2,1-2H3,(H,15,17)(H,16,18). The number of thioether (sulfide) groups is 1. The molecular weight excluding hydrogens is 292 g/mol. The maximum Gasteiger partial charge on any atom is 0.220 e. The van der Waals surface area contributed by atoms with Crippen LogP contribution in [0.25, 0.3) is 0 Å². The lowest BCUT2D eigenvalue weighted by atomic mass is 10.4. The fourth-order valence-corrected chi connectivity index (χ4v) is 2.36. The van der Waals surface area contributed by atoms with E-state index in [1.165, 1.54) is 0 Å². The lowest BCUT2D eigenvalue weighted by molar-refractivity contribution is -0.121. The van der Waals surface area contributed by atoms with Crippen LogP contribution in [-0.4, -0.2) is 63.8 Å². The number of ether oxygens (including phenoxy) is 2. The first-order valence-corrected chi connectivity index (χ1v) is 8.45. The maximum atomic E-state index is 11.4. The zero-order valence-electron chi connectivity index (χ0n) is 13.1. The molecule has 0 heterocycles. The zero-order chi connectivity index (χ0) is 15.8. The van der Waals surface area contributed by atoms with Gasteiger partial charge in [-0.1, -0.05) is 0 Å². The molecule has 0 atom stereocenters. The number of rotatable bonds is 14. The maximum absolute atomic E-state index is 11.4. The molecule has 0 aliphatic carbocycles. The minimum Gasteiger partial charge on any atom is -0.385 e. The van der Waals surface area contributed by atoms with Gasteiger partial charge in [0.05, 0.1) is 0 Å². The van der Waals surface area contributed by atoms with Crippen LogP contribution in [0.3, 0.4) is 0 Å². The summed E-state index contributed by atoms with van der Waals surface area (Å²) >= 11 is 1.63. The molecule has 0 aromatic carbocycles. The van der Waals surface area contributed by atoms with E-state index in [4.69, 9.17) is 9.47 Å². The van der Waals surface area contributed by atoms with Crippen LogP contribution in [-0.2, 0) is 19.1 Å². The summed E-state index contributed by atoms with van der Waals surface area (Å²) in [4.78, 5) is 22.9. The SMILES string of the molecule is COCCCNC(=O)CCSCCC(=O)NCCCOC. The third kappa shape index (κ3) is 15.4. The molecule has 0 rings (SSSR count). The number of hydrogen-bond donors (Lipinski definition) is 2. The Morgan fingerprint density at radius 2 is 1.29 bits per heavy atom. The van der Waals surface area contributed by atoms with E-state index in [2.05, 4.69) is 10.6 Å². The predicted molar refractivity (Wildman–Crippen MR) is 85.6 cm³/mol. The lowest BCUT2D eigenvalue weighted by Crippen LogP contribution is -2.26. The van der Waals surface area contributed by atoms with E-state index in [9.17, 15) is 9.59 Å². The first kappa shape index (κ1) is 20.2. The van der Waals surface area contributed by atoms with Crippen molar-refractivity contribution < 1.29 is 19.1 Å². The monoisotopic (exact) mass is 320 g/mol. The summed E-state index contributed by atoms with van der Waals surface area (Å²) in [6.45, 7) is 2.63. The fourth-order valence-electron chi connectivity index (χ4n) is 1.50. The largest absolute Gasteiger partial charge is 0.385 e. The second kappa shape index (κ2) is 15.6. The summed E-state index contributed by atoms with van der Waals surface area (Å²) < 4.78 is 9.80. The molecule has 0 saturated heterocycles. The van der Waals surface area contributed by atoms with Gasteiger partial charge in [0.15, 0.2) is 0 Å². The molecule has 0 aromatic heterocycles. The van der Waals surface area contributed by atoms with Crippen molar-refractivity contribution in [3.8, 4) is 0 Å². The Kier molecular flexibility index (Phi) is 15.0. The van der Waals surface area contributed by atoms with Gasteiger partial charge in [-0.15, -0.1) is 0 Å². The molecule has 124 valence electrons. The summed E-state index contributed by atoms with van der Waals surface area (Å²) in [6, 6.07) is 0. The van der Waals surface area contributed by atoms with Crippen LogP contribution < -0.4 is 10.6 Å². The molecular formula is C14H28N2O4S. The van der Waals surface area contributed by atoms with Crippen molar-refractivity contribution in [3.05, 3.63) is 0 Å². The summed E-state index contributed by atoms with van der Waals surface area (Å²) in [5.74, 6) is 1.60. The highest BCUT2D eigenvalue weighted by Gasteiger charge is 2.03. The number of carbonyl (C=O) groups excluding carboxylic acids is 2. The number of methoxy groups -OCH3 is 2. The van der Waals surface area contributed by atoms with E-state index in [0.717, 1.165) is 24.3 Å². The first-order chi connectivity index (χ1) is 10.2. The van der Waals surface area contributed by atoms with Gasteiger partial charge in [0, 0.05) is 64.9 Å². The summed E-state index contributed by atoms with van der Waals surface area (Å²) in [5, 5.41) is 5.67. The second-order valence-corrected chi connectivity index (χ2v) is 5.73. The highest BCUT2D eigenvalue weighted by atomic mass is 32.2. The highest BCUT2D eigenvalue weighted by Crippen LogP contribution is 2.04. The molecule has 7 heteroatoms. The smallest absolute Gasteiger partial charge is 0.220 e. The van der Waals surface area contributed by atoms with Gasteiger partial charge in [-0.05, 0) is 12.8 Å². The van der Waals surface area contributed by atoms with Crippen LogP contribution in [0.5, 0.6) is 0 Å². The predicted octanol–water partition coefficient (Wildman–Crippen LogP) is 0.805. The van der Waals surface area contributed by atoms with Crippen molar-refractivity contribution >= 4 is 23.6 Å². The molecule has 0 aromatic rings. The number of amides is 2. The number of nitrogens with one attached hydrogen (secondary N) is 2. The average molecular weight is 320 g/mol. The molecule has 0 spiro atoms. The Hall–Kier alpha value is -0.790. The quantitative estimate of drug-likeness (QED) is 0.463. The summed E-state index contributed by atoms with van der Waals surface area (Å²) in [6.07, 6.45) is 2.65. The normalized spacial score (nSPS) is 10.4. The Morgan fingerprint density at radius 3 is 1.67 bits per heavy atom. The van der Waals surface area contributed by atoms with Crippen molar-refractivity contribution in [2.45, 2.75) is 25.7 Å². The van der Waals surface area contributed by atoms with Gasteiger partial charge < -0.3 is 20.1 Å². The molecule has 21 heavy (non-hydrogen) atoms. The molecule has 0 fully saturated rings. The van der Waals surface area contributed by atoms with Crippen molar-refractivity contribution in [1.82, 2.24) is 10.6 Å². The van der Waals surface area contributed by atoms with Crippen LogP contribution in [0.4, 0.5) is 0 Å². The van der Waals surface area contributed by atoms with E-state index < -0.39 is 0 Å².